The number of nitrogens with two attached hydrogens (primary N) is 1. The Kier molecular flexibility index (Phi) is 5.25. The van der Waals surface area contributed by atoms with E-state index in [1.165, 1.54) is 19.3 Å². The first-order valence-corrected chi connectivity index (χ1v) is 10.9. The first-order chi connectivity index (χ1) is 15.1. The standard InChI is InChI=1S/C22H24ClN7O/c23-17-11-13(10-16-19(17)28-29-20(16)24)14-4-5-25-21-15(14)12-18(27-21)22(31)26-6-9-30-7-2-1-3-8-30/h4-5,10-12H,1-3,6-9H2,(H,25,27)(H,26,31)(H3,24,28,29). The third-order valence-electron chi connectivity index (χ3n) is 5.90. The summed E-state index contributed by atoms with van der Waals surface area (Å²) in [4.78, 5) is 22.6. The van der Waals surface area contributed by atoms with E-state index >= 15 is 0 Å². The van der Waals surface area contributed by atoms with Crippen LogP contribution in [0.25, 0.3) is 33.1 Å². The highest BCUT2D eigenvalue weighted by Gasteiger charge is 2.16. The summed E-state index contributed by atoms with van der Waals surface area (Å²) < 4.78 is 0. The zero-order valence-electron chi connectivity index (χ0n) is 17.0. The predicted molar refractivity (Wildman–Crippen MR) is 123 cm³/mol. The van der Waals surface area contributed by atoms with Crippen molar-refractivity contribution in [3.8, 4) is 11.1 Å². The number of H-pyrrole nitrogens is 2. The number of fused-ring (bicyclic) bond motifs is 2. The van der Waals surface area contributed by atoms with Crippen LogP contribution < -0.4 is 11.1 Å². The number of nitrogens with zero attached hydrogens (tertiary/aromatic N) is 3. The van der Waals surface area contributed by atoms with Gasteiger partial charge in [-0.25, -0.2) is 4.98 Å². The molecular weight excluding hydrogens is 414 g/mol. The maximum Gasteiger partial charge on any atom is 0.267 e. The number of anilines is 1. The van der Waals surface area contributed by atoms with Crippen molar-refractivity contribution in [3.05, 3.63) is 41.2 Å². The fraction of sp³-hybridized carbons (Fsp3) is 0.318. The number of carbonyl (C=O) groups is 1. The van der Waals surface area contributed by atoms with Crippen molar-refractivity contribution in [2.45, 2.75) is 19.3 Å². The quantitative estimate of drug-likeness (QED) is 0.381. The lowest BCUT2D eigenvalue weighted by Gasteiger charge is -2.26. The molecule has 1 aliphatic rings. The lowest BCUT2D eigenvalue weighted by atomic mass is 10.0. The summed E-state index contributed by atoms with van der Waals surface area (Å²) in [6.07, 6.45) is 5.50. The monoisotopic (exact) mass is 437 g/mol. The molecule has 4 aromatic rings. The molecule has 0 aliphatic carbocycles. The molecule has 31 heavy (non-hydrogen) atoms. The van der Waals surface area contributed by atoms with Crippen LogP contribution in [0.1, 0.15) is 29.8 Å². The smallest absolute Gasteiger partial charge is 0.267 e. The number of nitrogens with one attached hydrogen (secondary N) is 3. The molecule has 1 amide bonds. The summed E-state index contributed by atoms with van der Waals surface area (Å²) in [6.45, 7) is 3.73. The number of rotatable bonds is 5. The number of aromatic amines is 2. The Labute approximate surface area is 184 Å². The second kappa shape index (κ2) is 8.20. The Balaban J connectivity index is 1.40. The van der Waals surface area contributed by atoms with Gasteiger partial charge in [0.15, 0.2) is 5.82 Å². The average Bonchev–Trinajstić information content (AvgIpc) is 3.38. The van der Waals surface area contributed by atoms with Crippen LogP contribution in [0.4, 0.5) is 5.82 Å². The van der Waals surface area contributed by atoms with Crippen LogP contribution in [-0.4, -0.2) is 57.2 Å². The SMILES string of the molecule is Nc1n[nH]c2c(Cl)cc(-c3ccnc4[nH]c(C(=O)NCCN5CCCCC5)cc34)cc12. The van der Waals surface area contributed by atoms with Gasteiger partial charge in [0.25, 0.3) is 5.91 Å². The lowest BCUT2D eigenvalue weighted by Crippen LogP contribution is -2.37. The zero-order chi connectivity index (χ0) is 21.4. The number of benzene rings is 1. The summed E-state index contributed by atoms with van der Waals surface area (Å²) in [7, 11) is 0. The topological polar surface area (TPSA) is 116 Å². The van der Waals surface area contributed by atoms with Gasteiger partial charge in [-0.05, 0) is 61.3 Å². The van der Waals surface area contributed by atoms with E-state index in [-0.39, 0.29) is 5.91 Å². The molecule has 0 unspecified atom stereocenters. The molecule has 0 spiro atoms. The second-order valence-corrected chi connectivity index (χ2v) is 8.36. The molecule has 0 radical (unpaired) electrons. The van der Waals surface area contributed by atoms with Crippen LogP contribution in [0.15, 0.2) is 30.5 Å². The van der Waals surface area contributed by atoms with Gasteiger partial charge in [0.1, 0.15) is 11.3 Å². The van der Waals surface area contributed by atoms with Gasteiger partial charge in [0, 0.05) is 30.1 Å². The van der Waals surface area contributed by atoms with Gasteiger partial charge >= 0.3 is 0 Å². The number of pyridine rings is 1. The molecule has 3 aromatic heterocycles. The molecule has 0 atom stereocenters. The van der Waals surface area contributed by atoms with E-state index in [0.29, 0.717) is 34.2 Å². The van der Waals surface area contributed by atoms with Gasteiger partial charge in [-0.2, -0.15) is 5.10 Å². The van der Waals surface area contributed by atoms with E-state index in [1.807, 2.05) is 24.3 Å². The second-order valence-electron chi connectivity index (χ2n) is 7.95. The van der Waals surface area contributed by atoms with Gasteiger partial charge in [-0.15, -0.1) is 0 Å². The van der Waals surface area contributed by atoms with Crippen LogP contribution in [-0.2, 0) is 0 Å². The number of piperidine rings is 1. The molecule has 160 valence electrons. The van der Waals surface area contributed by atoms with Crippen LogP contribution in [0.3, 0.4) is 0 Å². The fourth-order valence-corrected chi connectivity index (χ4v) is 4.52. The Morgan fingerprint density at radius 1 is 1.19 bits per heavy atom. The van der Waals surface area contributed by atoms with E-state index in [2.05, 4.69) is 30.4 Å². The minimum atomic E-state index is -0.131. The molecule has 0 bridgehead atoms. The Hall–Kier alpha value is -3.10. The molecule has 5 N–H and O–H groups in total. The molecule has 1 aromatic carbocycles. The number of hydrogen-bond acceptors (Lipinski definition) is 5. The highest BCUT2D eigenvalue weighted by molar-refractivity contribution is 6.35. The van der Waals surface area contributed by atoms with Crippen molar-refractivity contribution in [2.24, 2.45) is 0 Å². The van der Waals surface area contributed by atoms with Crippen molar-refractivity contribution in [1.29, 1.82) is 0 Å². The van der Waals surface area contributed by atoms with Gasteiger partial charge < -0.3 is 20.9 Å². The molecule has 1 saturated heterocycles. The van der Waals surface area contributed by atoms with Crippen molar-refractivity contribution < 1.29 is 4.79 Å². The Morgan fingerprint density at radius 3 is 2.87 bits per heavy atom. The van der Waals surface area contributed by atoms with Crippen LogP contribution >= 0.6 is 11.6 Å². The van der Waals surface area contributed by atoms with Crippen LogP contribution in [0.5, 0.6) is 0 Å². The highest BCUT2D eigenvalue weighted by atomic mass is 35.5. The third-order valence-corrected chi connectivity index (χ3v) is 6.20. The van der Waals surface area contributed by atoms with Crippen LogP contribution in [0, 0.1) is 0 Å². The first-order valence-electron chi connectivity index (χ1n) is 10.5. The first kappa shape index (κ1) is 19.8. The largest absolute Gasteiger partial charge is 0.382 e. The summed E-state index contributed by atoms with van der Waals surface area (Å²) in [6, 6.07) is 7.55. The molecule has 9 heteroatoms. The number of carbonyl (C=O) groups excluding carboxylic acids is 1. The number of halogens is 1. The predicted octanol–water partition coefficient (Wildman–Crippen LogP) is 3.56. The summed E-state index contributed by atoms with van der Waals surface area (Å²) >= 11 is 6.44. The van der Waals surface area contributed by atoms with Crippen molar-refractivity contribution in [1.82, 2.24) is 30.4 Å². The van der Waals surface area contributed by atoms with Gasteiger partial charge in [-0.1, -0.05) is 18.0 Å². The van der Waals surface area contributed by atoms with Crippen LogP contribution in [0.2, 0.25) is 5.02 Å². The van der Waals surface area contributed by atoms with Gasteiger partial charge in [-0.3, -0.25) is 9.89 Å². The summed E-state index contributed by atoms with van der Waals surface area (Å²) in [5, 5.41) is 12.0. The number of hydrogen-bond donors (Lipinski definition) is 4. The van der Waals surface area contributed by atoms with E-state index in [0.717, 1.165) is 41.5 Å². The molecule has 5 rings (SSSR count). The number of nitrogen functional groups attached to an aromatic ring is 1. The van der Waals surface area contributed by atoms with E-state index < -0.39 is 0 Å². The van der Waals surface area contributed by atoms with Crippen molar-refractivity contribution in [2.75, 3.05) is 31.9 Å². The van der Waals surface area contributed by atoms with Gasteiger partial charge in [0.2, 0.25) is 0 Å². The number of aromatic nitrogens is 4. The van der Waals surface area contributed by atoms with E-state index in [9.17, 15) is 4.79 Å². The van der Waals surface area contributed by atoms with Crippen molar-refractivity contribution >= 4 is 45.3 Å². The molecule has 0 saturated carbocycles. The molecule has 4 heterocycles. The lowest BCUT2D eigenvalue weighted by molar-refractivity contribution is 0.0942. The van der Waals surface area contributed by atoms with Gasteiger partial charge in [0.05, 0.1) is 10.5 Å². The molecule has 1 fully saturated rings. The van der Waals surface area contributed by atoms with Crippen molar-refractivity contribution in [3.63, 3.8) is 0 Å². The Bertz CT molecular complexity index is 1260. The maximum atomic E-state index is 12.7. The zero-order valence-corrected chi connectivity index (χ0v) is 17.8. The Morgan fingerprint density at radius 2 is 2.03 bits per heavy atom. The van der Waals surface area contributed by atoms with E-state index in [1.54, 1.807) is 6.20 Å². The minimum absolute atomic E-state index is 0.131. The molecule has 8 nitrogen and oxygen atoms in total. The summed E-state index contributed by atoms with van der Waals surface area (Å²) in [5.41, 5.74) is 9.61. The number of likely N-dealkylation sites (tertiary alicyclic amines) is 1. The molecule has 1 aliphatic heterocycles. The third kappa shape index (κ3) is 3.84. The molecular formula is C22H24ClN7O. The number of amides is 1. The fourth-order valence-electron chi connectivity index (χ4n) is 4.26. The summed E-state index contributed by atoms with van der Waals surface area (Å²) in [5.74, 6) is 0.264. The minimum Gasteiger partial charge on any atom is -0.382 e. The van der Waals surface area contributed by atoms with E-state index in [4.69, 9.17) is 17.3 Å². The normalized spacial score (nSPS) is 15.0. The maximum absolute atomic E-state index is 12.7. The highest BCUT2D eigenvalue weighted by Crippen LogP contribution is 2.35. The average molecular weight is 438 g/mol.